The number of halogens is 3. The molecule has 0 aliphatic carbocycles. The first-order valence-electron chi connectivity index (χ1n) is 5.75. The number of carbonyl (C=O) groups excluding carboxylic acids is 1. The van der Waals surface area contributed by atoms with Crippen molar-refractivity contribution in [3.05, 3.63) is 58.6 Å². The lowest BCUT2D eigenvalue weighted by molar-refractivity contribution is -0.115. The normalized spacial score (nSPS) is 10.3. The van der Waals surface area contributed by atoms with E-state index in [1.54, 1.807) is 18.2 Å². The highest BCUT2D eigenvalue weighted by Gasteiger charge is 2.11. The van der Waals surface area contributed by atoms with Crippen LogP contribution in [0.25, 0.3) is 0 Å². The summed E-state index contributed by atoms with van der Waals surface area (Å²) in [5.74, 6) is -2.37. The Bertz CT molecular complexity index is 641. The number of nitrogens with one attached hydrogen (secondary N) is 1. The van der Waals surface area contributed by atoms with Crippen molar-refractivity contribution in [1.29, 1.82) is 0 Å². The lowest BCUT2D eigenvalue weighted by Crippen LogP contribution is -2.16. The first-order valence-corrected chi connectivity index (χ1v) is 6.13. The molecule has 0 unspecified atom stereocenters. The number of amides is 1. The molecule has 0 bridgehead atoms. The predicted molar refractivity (Wildman–Crippen MR) is 74.6 cm³/mol. The van der Waals surface area contributed by atoms with Gasteiger partial charge in [-0.25, -0.2) is 8.78 Å². The van der Waals surface area contributed by atoms with Crippen LogP contribution < -0.4 is 11.1 Å². The van der Waals surface area contributed by atoms with Gasteiger partial charge in [-0.15, -0.1) is 0 Å². The standard InChI is InChI=1S/C14H11ClF2N2O/c15-9-2-1-3-12(18)14(9)19-13(20)7-8-4-5-10(16)11(17)6-8/h1-6H,7,18H2,(H,19,20). The van der Waals surface area contributed by atoms with Gasteiger partial charge >= 0.3 is 0 Å². The average Bonchev–Trinajstić information content (AvgIpc) is 2.38. The van der Waals surface area contributed by atoms with Gasteiger partial charge in [0.25, 0.3) is 0 Å². The molecule has 0 aromatic heterocycles. The molecule has 104 valence electrons. The lowest BCUT2D eigenvalue weighted by Gasteiger charge is -2.10. The molecule has 3 nitrogen and oxygen atoms in total. The maximum atomic E-state index is 13.0. The molecule has 0 atom stereocenters. The molecular formula is C14H11ClF2N2O. The molecule has 3 N–H and O–H groups in total. The Kier molecular flexibility index (Phi) is 4.20. The van der Waals surface area contributed by atoms with Gasteiger partial charge in [0.1, 0.15) is 0 Å². The summed E-state index contributed by atoms with van der Waals surface area (Å²) < 4.78 is 25.8. The molecule has 2 aromatic carbocycles. The zero-order valence-electron chi connectivity index (χ0n) is 10.3. The van der Waals surface area contributed by atoms with Gasteiger partial charge in [0.15, 0.2) is 11.6 Å². The topological polar surface area (TPSA) is 55.1 Å². The molecule has 2 rings (SSSR count). The number of anilines is 2. The zero-order chi connectivity index (χ0) is 14.7. The SMILES string of the molecule is Nc1cccc(Cl)c1NC(=O)Cc1ccc(F)c(F)c1. The second-order valence-corrected chi connectivity index (χ2v) is 4.58. The van der Waals surface area contributed by atoms with Gasteiger partial charge in [0.2, 0.25) is 5.91 Å². The van der Waals surface area contributed by atoms with E-state index in [0.717, 1.165) is 12.1 Å². The van der Waals surface area contributed by atoms with Crippen LogP contribution in [0.4, 0.5) is 20.2 Å². The Hall–Kier alpha value is -2.14. The monoisotopic (exact) mass is 296 g/mol. The smallest absolute Gasteiger partial charge is 0.228 e. The van der Waals surface area contributed by atoms with E-state index in [4.69, 9.17) is 17.3 Å². The van der Waals surface area contributed by atoms with Crippen molar-refractivity contribution in [2.45, 2.75) is 6.42 Å². The summed E-state index contributed by atoms with van der Waals surface area (Å²) in [5.41, 5.74) is 6.69. The third-order valence-electron chi connectivity index (χ3n) is 2.66. The Morgan fingerprint density at radius 1 is 1.20 bits per heavy atom. The first-order chi connectivity index (χ1) is 9.47. The van der Waals surface area contributed by atoms with Crippen molar-refractivity contribution in [2.24, 2.45) is 0 Å². The Balaban J connectivity index is 2.11. The van der Waals surface area contributed by atoms with Crippen molar-refractivity contribution in [3.8, 4) is 0 Å². The zero-order valence-corrected chi connectivity index (χ0v) is 11.0. The van der Waals surface area contributed by atoms with Crippen molar-refractivity contribution >= 4 is 28.9 Å². The van der Waals surface area contributed by atoms with E-state index >= 15 is 0 Å². The van der Waals surface area contributed by atoms with Crippen LogP contribution in [0.15, 0.2) is 36.4 Å². The van der Waals surface area contributed by atoms with E-state index in [0.29, 0.717) is 22.0 Å². The van der Waals surface area contributed by atoms with Gasteiger partial charge in [-0.3, -0.25) is 4.79 Å². The maximum absolute atomic E-state index is 13.0. The van der Waals surface area contributed by atoms with Gasteiger partial charge in [0, 0.05) is 0 Å². The quantitative estimate of drug-likeness (QED) is 0.853. The average molecular weight is 297 g/mol. The Morgan fingerprint density at radius 3 is 2.60 bits per heavy atom. The summed E-state index contributed by atoms with van der Waals surface area (Å²) >= 11 is 5.92. The molecule has 0 spiro atoms. The number of rotatable bonds is 3. The van der Waals surface area contributed by atoms with Crippen LogP contribution in [0.5, 0.6) is 0 Å². The maximum Gasteiger partial charge on any atom is 0.228 e. The largest absolute Gasteiger partial charge is 0.397 e. The van der Waals surface area contributed by atoms with Crippen LogP contribution in [0, 0.1) is 11.6 Å². The van der Waals surface area contributed by atoms with Crippen molar-refractivity contribution < 1.29 is 13.6 Å². The summed E-state index contributed by atoms with van der Waals surface area (Å²) in [6.45, 7) is 0. The van der Waals surface area contributed by atoms with E-state index in [-0.39, 0.29) is 6.42 Å². The number of carbonyl (C=O) groups is 1. The molecule has 1 amide bonds. The van der Waals surface area contributed by atoms with Gasteiger partial charge in [-0.05, 0) is 29.8 Å². The molecule has 0 heterocycles. The molecule has 0 aliphatic heterocycles. The van der Waals surface area contributed by atoms with E-state index < -0.39 is 17.5 Å². The molecule has 0 saturated carbocycles. The number of nitrogen functional groups attached to an aromatic ring is 1. The summed E-state index contributed by atoms with van der Waals surface area (Å²) in [4.78, 5) is 11.8. The lowest BCUT2D eigenvalue weighted by atomic mass is 10.1. The molecule has 0 aliphatic rings. The molecule has 20 heavy (non-hydrogen) atoms. The van der Waals surface area contributed by atoms with Crippen molar-refractivity contribution in [1.82, 2.24) is 0 Å². The number of nitrogens with two attached hydrogens (primary N) is 1. The molecular weight excluding hydrogens is 286 g/mol. The van der Waals surface area contributed by atoms with E-state index in [9.17, 15) is 13.6 Å². The summed E-state index contributed by atoms with van der Waals surface area (Å²) in [7, 11) is 0. The third-order valence-corrected chi connectivity index (χ3v) is 2.97. The minimum Gasteiger partial charge on any atom is -0.397 e. The van der Waals surface area contributed by atoms with Gasteiger partial charge in [-0.1, -0.05) is 23.7 Å². The van der Waals surface area contributed by atoms with E-state index in [1.807, 2.05) is 0 Å². The third kappa shape index (κ3) is 3.24. The first kappa shape index (κ1) is 14.3. The predicted octanol–water partition coefficient (Wildman–Crippen LogP) is 3.38. The van der Waals surface area contributed by atoms with Crippen LogP contribution >= 0.6 is 11.6 Å². The highest BCUT2D eigenvalue weighted by atomic mass is 35.5. The summed E-state index contributed by atoms with van der Waals surface area (Å²) in [6.07, 6.45) is -0.109. The second-order valence-electron chi connectivity index (χ2n) is 4.18. The second kappa shape index (κ2) is 5.88. The minimum absolute atomic E-state index is 0.109. The molecule has 0 radical (unpaired) electrons. The van der Waals surface area contributed by atoms with Gasteiger partial charge < -0.3 is 11.1 Å². The van der Waals surface area contributed by atoms with E-state index in [2.05, 4.69) is 5.32 Å². The highest BCUT2D eigenvalue weighted by molar-refractivity contribution is 6.34. The number of hydrogen-bond donors (Lipinski definition) is 2. The summed E-state index contributed by atoms with van der Waals surface area (Å²) in [6, 6.07) is 8.13. The van der Waals surface area contributed by atoms with Crippen LogP contribution in [0.3, 0.4) is 0 Å². The van der Waals surface area contributed by atoms with Crippen molar-refractivity contribution in [2.75, 3.05) is 11.1 Å². The number of hydrogen-bond acceptors (Lipinski definition) is 2. The number of benzene rings is 2. The van der Waals surface area contributed by atoms with Crippen LogP contribution in [0.1, 0.15) is 5.56 Å². The van der Waals surface area contributed by atoms with Crippen LogP contribution in [-0.2, 0) is 11.2 Å². The van der Waals surface area contributed by atoms with Crippen molar-refractivity contribution in [3.63, 3.8) is 0 Å². The Labute approximate surface area is 119 Å². The fraction of sp³-hybridized carbons (Fsp3) is 0.0714. The minimum atomic E-state index is -0.993. The van der Waals surface area contributed by atoms with Gasteiger partial charge in [-0.2, -0.15) is 0 Å². The molecule has 0 fully saturated rings. The summed E-state index contributed by atoms with van der Waals surface area (Å²) in [5, 5.41) is 2.86. The van der Waals surface area contributed by atoms with Crippen LogP contribution in [-0.4, -0.2) is 5.91 Å². The van der Waals surface area contributed by atoms with Crippen LogP contribution in [0.2, 0.25) is 5.02 Å². The van der Waals surface area contributed by atoms with Gasteiger partial charge in [0.05, 0.1) is 22.8 Å². The fourth-order valence-electron chi connectivity index (χ4n) is 1.69. The molecule has 6 heteroatoms. The highest BCUT2D eigenvalue weighted by Crippen LogP contribution is 2.27. The van der Waals surface area contributed by atoms with E-state index in [1.165, 1.54) is 6.07 Å². The Morgan fingerprint density at radius 2 is 1.95 bits per heavy atom. The molecule has 2 aromatic rings. The fourth-order valence-corrected chi connectivity index (χ4v) is 1.92. The number of para-hydroxylation sites is 1. The molecule has 0 saturated heterocycles.